The predicted molar refractivity (Wildman–Crippen MR) is 89.9 cm³/mol. The molecule has 2 heterocycles. The van der Waals surface area contributed by atoms with E-state index in [4.69, 9.17) is 5.73 Å². The van der Waals surface area contributed by atoms with Crippen LogP contribution in [0.15, 0.2) is 47.7 Å². The van der Waals surface area contributed by atoms with Gasteiger partial charge in [-0.15, -0.1) is 0 Å². The second-order valence-electron chi connectivity index (χ2n) is 5.00. The molecule has 0 spiro atoms. The molecular formula is C16H13FN6O2. The molecule has 0 aliphatic carbocycles. The molecule has 0 saturated carbocycles. The maximum Gasteiger partial charge on any atom is 0.256 e. The first-order chi connectivity index (χ1) is 12.0. The summed E-state index contributed by atoms with van der Waals surface area (Å²) in [5, 5.41) is 18.9. The monoisotopic (exact) mass is 340 g/mol. The van der Waals surface area contributed by atoms with Crippen molar-refractivity contribution in [1.29, 1.82) is 0 Å². The van der Waals surface area contributed by atoms with E-state index >= 15 is 0 Å². The van der Waals surface area contributed by atoms with Crippen molar-refractivity contribution in [3.63, 3.8) is 0 Å². The molecule has 0 unspecified atom stereocenters. The van der Waals surface area contributed by atoms with Crippen molar-refractivity contribution in [2.75, 3.05) is 5.32 Å². The molecule has 0 saturated heterocycles. The lowest BCUT2D eigenvalue weighted by atomic mass is 10.2. The average Bonchev–Trinajstić information content (AvgIpc) is 2.99. The van der Waals surface area contributed by atoms with E-state index in [1.807, 2.05) is 0 Å². The van der Waals surface area contributed by atoms with E-state index in [0.717, 1.165) is 6.07 Å². The fourth-order valence-electron chi connectivity index (χ4n) is 2.08. The van der Waals surface area contributed by atoms with Crippen LogP contribution in [0.1, 0.15) is 15.9 Å². The van der Waals surface area contributed by atoms with Crippen LogP contribution in [-0.2, 0) is 0 Å². The molecule has 3 rings (SSSR count). The third-order valence-electron chi connectivity index (χ3n) is 3.23. The molecule has 9 heteroatoms. The summed E-state index contributed by atoms with van der Waals surface area (Å²) in [6, 6.07) is 7.20. The summed E-state index contributed by atoms with van der Waals surface area (Å²) in [5.41, 5.74) is 6.53. The van der Waals surface area contributed by atoms with Crippen LogP contribution in [0.2, 0.25) is 0 Å². The van der Waals surface area contributed by atoms with Crippen molar-refractivity contribution in [3.8, 4) is 5.75 Å². The number of aromatic hydroxyl groups is 1. The Hall–Kier alpha value is -3.75. The van der Waals surface area contributed by atoms with Gasteiger partial charge in [-0.3, -0.25) is 14.9 Å². The van der Waals surface area contributed by atoms with Crippen molar-refractivity contribution in [2.45, 2.75) is 0 Å². The number of nitrogens with two attached hydrogens (primary N) is 1. The number of nitrogens with one attached hydrogen (secondary N) is 2. The van der Waals surface area contributed by atoms with Crippen LogP contribution < -0.4 is 11.1 Å². The maximum absolute atomic E-state index is 13.1. The summed E-state index contributed by atoms with van der Waals surface area (Å²) in [6.07, 6.45) is 4.51. The van der Waals surface area contributed by atoms with Crippen LogP contribution in [0.5, 0.6) is 5.75 Å². The summed E-state index contributed by atoms with van der Waals surface area (Å²) < 4.78 is 13.1. The molecule has 25 heavy (non-hydrogen) atoms. The van der Waals surface area contributed by atoms with Crippen LogP contribution in [0.25, 0.3) is 0 Å². The number of H-pyrrole nitrogens is 1. The van der Waals surface area contributed by atoms with Gasteiger partial charge in [0.25, 0.3) is 5.91 Å². The Morgan fingerprint density at radius 2 is 2.24 bits per heavy atom. The molecule has 1 amide bonds. The van der Waals surface area contributed by atoms with Gasteiger partial charge in [0.1, 0.15) is 11.4 Å². The van der Waals surface area contributed by atoms with Crippen LogP contribution in [0, 0.1) is 5.82 Å². The lowest BCUT2D eigenvalue weighted by molar-refractivity contribution is 0.100. The zero-order valence-electron chi connectivity index (χ0n) is 12.8. The number of aromatic amines is 1. The first-order valence-corrected chi connectivity index (χ1v) is 7.12. The van der Waals surface area contributed by atoms with E-state index < -0.39 is 17.5 Å². The van der Waals surface area contributed by atoms with Crippen LogP contribution in [0.3, 0.4) is 0 Å². The molecule has 3 aromatic rings. The van der Waals surface area contributed by atoms with Gasteiger partial charge in [-0.2, -0.15) is 5.10 Å². The van der Waals surface area contributed by atoms with Gasteiger partial charge in [-0.25, -0.2) is 9.38 Å². The number of pyridine rings is 1. The number of nitrogens with zero attached hydrogens (tertiary/aromatic N) is 3. The Morgan fingerprint density at radius 1 is 1.40 bits per heavy atom. The first-order valence-electron chi connectivity index (χ1n) is 7.12. The number of hydrogen-bond donors (Lipinski definition) is 4. The zero-order valence-corrected chi connectivity index (χ0v) is 12.8. The van der Waals surface area contributed by atoms with Gasteiger partial charge >= 0.3 is 0 Å². The van der Waals surface area contributed by atoms with Gasteiger partial charge in [0, 0.05) is 12.4 Å². The lowest BCUT2D eigenvalue weighted by Gasteiger charge is -2.04. The Kier molecular flexibility index (Phi) is 4.38. The second-order valence-corrected chi connectivity index (χ2v) is 5.00. The quantitative estimate of drug-likeness (QED) is 0.529. The van der Waals surface area contributed by atoms with Crippen LogP contribution in [0.4, 0.5) is 21.7 Å². The van der Waals surface area contributed by atoms with Gasteiger partial charge in [0.2, 0.25) is 0 Å². The molecule has 0 aliphatic rings. The molecule has 5 N–H and O–H groups in total. The van der Waals surface area contributed by atoms with Crippen molar-refractivity contribution in [1.82, 2.24) is 15.2 Å². The highest BCUT2D eigenvalue weighted by atomic mass is 19.1. The SMILES string of the molecule is NC(=O)c1c(N=Cc2ccc(F)c(O)c2)n[nH]c1Nc1cccnc1. The number of anilines is 2. The summed E-state index contributed by atoms with van der Waals surface area (Å²) in [5.74, 6) is -1.63. The average molecular weight is 340 g/mol. The molecule has 2 aromatic heterocycles. The smallest absolute Gasteiger partial charge is 0.256 e. The number of benzene rings is 1. The predicted octanol–water partition coefficient (Wildman–Crippen LogP) is 2.24. The molecule has 126 valence electrons. The van der Waals surface area contributed by atoms with Gasteiger partial charge in [-0.1, -0.05) is 6.07 Å². The summed E-state index contributed by atoms with van der Waals surface area (Å²) >= 11 is 0. The third-order valence-corrected chi connectivity index (χ3v) is 3.23. The van der Waals surface area contributed by atoms with E-state index in [1.54, 1.807) is 24.5 Å². The zero-order chi connectivity index (χ0) is 17.8. The number of carbonyl (C=O) groups excluding carboxylic acids is 1. The summed E-state index contributed by atoms with van der Waals surface area (Å²) in [6.45, 7) is 0. The fraction of sp³-hybridized carbons (Fsp3) is 0. The third kappa shape index (κ3) is 3.61. The molecule has 1 aromatic carbocycles. The minimum Gasteiger partial charge on any atom is -0.505 e. The fourth-order valence-corrected chi connectivity index (χ4v) is 2.08. The topological polar surface area (TPSA) is 129 Å². The van der Waals surface area contributed by atoms with E-state index in [-0.39, 0.29) is 17.2 Å². The molecule has 0 aliphatic heterocycles. The largest absolute Gasteiger partial charge is 0.505 e. The van der Waals surface area contributed by atoms with Crippen molar-refractivity contribution in [3.05, 3.63) is 59.7 Å². The molecule has 0 atom stereocenters. The van der Waals surface area contributed by atoms with E-state index in [0.29, 0.717) is 11.3 Å². The molecule has 0 bridgehead atoms. The van der Waals surface area contributed by atoms with E-state index in [2.05, 4.69) is 25.5 Å². The number of aromatic nitrogens is 3. The number of phenolic OH excluding ortho intramolecular Hbond substituents is 1. The molecular weight excluding hydrogens is 327 g/mol. The molecule has 8 nitrogen and oxygen atoms in total. The normalized spacial score (nSPS) is 10.9. The summed E-state index contributed by atoms with van der Waals surface area (Å²) in [7, 11) is 0. The van der Waals surface area contributed by atoms with Crippen LogP contribution >= 0.6 is 0 Å². The number of rotatable bonds is 5. The minimum absolute atomic E-state index is 0.0581. The number of aliphatic imine (C=N–C) groups is 1. The molecule has 0 radical (unpaired) electrons. The Labute approximate surface area is 141 Å². The Bertz CT molecular complexity index is 939. The highest BCUT2D eigenvalue weighted by Crippen LogP contribution is 2.26. The Balaban J connectivity index is 1.90. The number of phenols is 1. The minimum atomic E-state index is -0.738. The van der Waals surface area contributed by atoms with Gasteiger partial charge in [0.15, 0.2) is 17.4 Å². The van der Waals surface area contributed by atoms with Gasteiger partial charge in [0.05, 0.1) is 11.9 Å². The number of halogens is 1. The van der Waals surface area contributed by atoms with Crippen molar-refractivity contribution < 1.29 is 14.3 Å². The lowest BCUT2D eigenvalue weighted by Crippen LogP contribution is -2.12. The highest BCUT2D eigenvalue weighted by molar-refractivity contribution is 6.03. The number of primary amides is 1. The van der Waals surface area contributed by atoms with Crippen LogP contribution in [-0.4, -0.2) is 32.4 Å². The maximum atomic E-state index is 13.1. The first kappa shape index (κ1) is 16.1. The van der Waals surface area contributed by atoms with Crippen molar-refractivity contribution in [2.24, 2.45) is 10.7 Å². The van der Waals surface area contributed by atoms with E-state index in [9.17, 15) is 14.3 Å². The number of hydrogen-bond acceptors (Lipinski definition) is 6. The number of carbonyl (C=O) groups is 1. The standard InChI is InChI=1S/C16H13FN6O2/c17-11-4-3-9(6-12(11)24)7-20-15-13(14(18)25)16(23-22-15)21-10-2-1-5-19-8-10/h1-8,24H,(H2,18,25)(H2,21,22,23). The number of amides is 1. The second kappa shape index (κ2) is 6.79. The highest BCUT2D eigenvalue weighted by Gasteiger charge is 2.18. The van der Waals surface area contributed by atoms with E-state index in [1.165, 1.54) is 18.3 Å². The Morgan fingerprint density at radius 3 is 2.92 bits per heavy atom. The van der Waals surface area contributed by atoms with Gasteiger partial charge in [-0.05, 0) is 29.8 Å². The molecule has 0 fully saturated rings. The summed E-state index contributed by atoms with van der Waals surface area (Å²) in [4.78, 5) is 19.8. The van der Waals surface area contributed by atoms with Crippen molar-refractivity contribution >= 4 is 29.4 Å². The van der Waals surface area contributed by atoms with Gasteiger partial charge < -0.3 is 16.2 Å².